The van der Waals surface area contributed by atoms with Gasteiger partial charge in [-0.25, -0.2) is 4.79 Å². The van der Waals surface area contributed by atoms with Crippen molar-refractivity contribution in [2.24, 2.45) is 5.92 Å². The topological polar surface area (TPSA) is 76.2 Å². The monoisotopic (exact) mass is 388 g/mol. The van der Waals surface area contributed by atoms with Gasteiger partial charge in [-0.3, -0.25) is 9.59 Å². The summed E-state index contributed by atoms with van der Waals surface area (Å²) in [6.45, 7) is 3.92. The van der Waals surface area contributed by atoms with Gasteiger partial charge < -0.3 is 19.3 Å². The Balaban J connectivity index is 1.54. The molecule has 1 aromatic rings. The molecule has 152 valence electrons. The maximum absolute atomic E-state index is 12.9. The van der Waals surface area contributed by atoms with Gasteiger partial charge >= 0.3 is 5.97 Å². The number of morpholine rings is 1. The van der Waals surface area contributed by atoms with Crippen LogP contribution in [0.3, 0.4) is 0 Å². The number of esters is 1. The van der Waals surface area contributed by atoms with Gasteiger partial charge in [0.2, 0.25) is 5.91 Å². The number of likely N-dealkylation sites (tertiary alicyclic amines) is 1. The van der Waals surface area contributed by atoms with Crippen LogP contribution in [0.4, 0.5) is 0 Å². The molecule has 0 bridgehead atoms. The molecule has 28 heavy (non-hydrogen) atoms. The van der Waals surface area contributed by atoms with Gasteiger partial charge in [0.1, 0.15) is 0 Å². The van der Waals surface area contributed by atoms with Gasteiger partial charge in [-0.15, -0.1) is 0 Å². The fourth-order valence-electron chi connectivity index (χ4n) is 3.86. The molecule has 7 heteroatoms. The Morgan fingerprint density at radius 3 is 2.61 bits per heavy atom. The molecule has 0 aromatic heterocycles. The van der Waals surface area contributed by atoms with Crippen molar-refractivity contribution in [1.29, 1.82) is 0 Å². The molecule has 0 radical (unpaired) electrons. The minimum Gasteiger partial charge on any atom is -0.465 e. The van der Waals surface area contributed by atoms with Crippen molar-refractivity contribution in [3.8, 4) is 0 Å². The van der Waals surface area contributed by atoms with Crippen molar-refractivity contribution in [2.45, 2.75) is 25.7 Å². The molecule has 0 spiro atoms. The molecule has 2 saturated heterocycles. The lowest BCUT2D eigenvalue weighted by atomic mass is 9.92. The maximum atomic E-state index is 12.9. The summed E-state index contributed by atoms with van der Waals surface area (Å²) >= 11 is 0. The lowest BCUT2D eigenvalue weighted by molar-refractivity contribution is -0.135. The number of carbonyl (C=O) groups is 3. The summed E-state index contributed by atoms with van der Waals surface area (Å²) in [5.41, 5.74) is 0.867. The van der Waals surface area contributed by atoms with Crippen LogP contribution in [0.25, 0.3) is 0 Å². The highest BCUT2D eigenvalue weighted by Gasteiger charge is 2.26. The molecule has 1 aromatic carbocycles. The molecule has 2 heterocycles. The molecule has 2 aliphatic heterocycles. The van der Waals surface area contributed by atoms with E-state index in [1.165, 1.54) is 7.11 Å². The summed E-state index contributed by atoms with van der Waals surface area (Å²) in [7, 11) is 1.32. The van der Waals surface area contributed by atoms with Crippen LogP contribution in [0, 0.1) is 5.92 Å². The largest absolute Gasteiger partial charge is 0.465 e. The summed E-state index contributed by atoms with van der Waals surface area (Å²) in [4.78, 5) is 40.6. The number of methoxy groups -OCH3 is 1. The molecule has 1 atom stereocenters. The third kappa shape index (κ3) is 5.10. The van der Waals surface area contributed by atoms with Gasteiger partial charge in [0.25, 0.3) is 5.91 Å². The van der Waals surface area contributed by atoms with Gasteiger partial charge in [-0.05, 0) is 43.4 Å². The summed E-state index contributed by atoms with van der Waals surface area (Å²) in [5.74, 6) is -0.0215. The molecule has 0 N–H and O–H groups in total. The van der Waals surface area contributed by atoms with Crippen LogP contribution in [-0.4, -0.2) is 74.1 Å². The number of hydrogen-bond acceptors (Lipinski definition) is 5. The Kier molecular flexibility index (Phi) is 7.03. The van der Waals surface area contributed by atoms with Crippen molar-refractivity contribution in [3.63, 3.8) is 0 Å². The van der Waals surface area contributed by atoms with Crippen LogP contribution in [-0.2, 0) is 14.3 Å². The first kappa shape index (κ1) is 20.3. The van der Waals surface area contributed by atoms with E-state index in [1.807, 2.05) is 9.80 Å². The van der Waals surface area contributed by atoms with E-state index >= 15 is 0 Å². The van der Waals surface area contributed by atoms with Crippen LogP contribution in [0.2, 0.25) is 0 Å². The summed E-state index contributed by atoms with van der Waals surface area (Å²) in [5, 5.41) is 0. The van der Waals surface area contributed by atoms with Gasteiger partial charge in [-0.1, -0.05) is 6.07 Å². The van der Waals surface area contributed by atoms with E-state index in [4.69, 9.17) is 9.47 Å². The number of amides is 2. The first-order valence-electron chi connectivity index (χ1n) is 9.91. The second kappa shape index (κ2) is 9.68. The second-order valence-corrected chi connectivity index (χ2v) is 7.36. The number of rotatable bonds is 5. The Morgan fingerprint density at radius 1 is 1.11 bits per heavy atom. The van der Waals surface area contributed by atoms with Gasteiger partial charge in [-0.2, -0.15) is 0 Å². The van der Waals surface area contributed by atoms with E-state index in [0.29, 0.717) is 62.9 Å². The minimum atomic E-state index is -0.451. The highest BCUT2D eigenvalue weighted by Crippen LogP contribution is 2.23. The Bertz CT molecular complexity index is 715. The van der Waals surface area contributed by atoms with Gasteiger partial charge in [0, 0.05) is 38.2 Å². The minimum absolute atomic E-state index is 0.0741. The van der Waals surface area contributed by atoms with Crippen LogP contribution >= 0.6 is 0 Å². The summed E-state index contributed by atoms with van der Waals surface area (Å²) < 4.78 is 10.0. The number of hydrogen-bond donors (Lipinski definition) is 0. The van der Waals surface area contributed by atoms with Crippen LogP contribution < -0.4 is 0 Å². The fraction of sp³-hybridized carbons (Fsp3) is 0.571. The Labute approximate surface area is 165 Å². The van der Waals surface area contributed by atoms with E-state index in [9.17, 15) is 14.4 Å². The second-order valence-electron chi connectivity index (χ2n) is 7.36. The predicted molar refractivity (Wildman–Crippen MR) is 103 cm³/mol. The molecule has 0 saturated carbocycles. The molecular weight excluding hydrogens is 360 g/mol. The van der Waals surface area contributed by atoms with Crippen LogP contribution in [0.5, 0.6) is 0 Å². The van der Waals surface area contributed by atoms with E-state index in [1.54, 1.807) is 24.3 Å². The SMILES string of the molecule is COC(=O)c1cccc(C(=O)N2CCC[C@H](CCC(=O)N3CCOCC3)C2)c1. The van der Waals surface area contributed by atoms with E-state index in [2.05, 4.69) is 0 Å². The van der Waals surface area contributed by atoms with Crippen LogP contribution in [0.1, 0.15) is 46.4 Å². The zero-order valence-corrected chi connectivity index (χ0v) is 16.4. The number of benzene rings is 1. The average molecular weight is 388 g/mol. The molecule has 3 rings (SSSR count). The third-order valence-electron chi connectivity index (χ3n) is 5.47. The number of carbonyl (C=O) groups excluding carboxylic acids is 3. The summed E-state index contributed by atoms with van der Waals surface area (Å²) in [6, 6.07) is 6.64. The zero-order valence-electron chi connectivity index (χ0n) is 16.4. The highest BCUT2D eigenvalue weighted by atomic mass is 16.5. The molecule has 2 aliphatic rings. The number of ether oxygens (including phenoxy) is 2. The van der Waals surface area contributed by atoms with E-state index in [0.717, 1.165) is 19.3 Å². The zero-order chi connectivity index (χ0) is 19.9. The van der Waals surface area contributed by atoms with Crippen molar-refractivity contribution in [1.82, 2.24) is 9.80 Å². The highest BCUT2D eigenvalue weighted by molar-refractivity contribution is 5.98. The molecule has 7 nitrogen and oxygen atoms in total. The fourth-order valence-corrected chi connectivity index (χ4v) is 3.86. The molecule has 0 unspecified atom stereocenters. The van der Waals surface area contributed by atoms with Crippen molar-refractivity contribution in [2.75, 3.05) is 46.5 Å². The maximum Gasteiger partial charge on any atom is 0.337 e. The third-order valence-corrected chi connectivity index (χ3v) is 5.47. The average Bonchev–Trinajstić information content (AvgIpc) is 2.77. The molecule has 2 amide bonds. The quantitative estimate of drug-likeness (QED) is 0.721. The van der Waals surface area contributed by atoms with Gasteiger partial charge in [0.05, 0.1) is 25.9 Å². The van der Waals surface area contributed by atoms with Crippen molar-refractivity contribution in [3.05, 3.63) is 35.4 Å². The first-order chi connectivity index (χ1) is 13.6. The van der Waals surface area contributed by atoms with Gasteiger partial charge in [0.15, 0.2) is 0 Å². The lowest BCUT2D eigenvalue weighted by Crippen LogP contribution is -2.42. The van der Waals surface area contributed by atoms with Crippen molar-refractivity contribution >= 4 is 17.8 Å². The van der Waals surface area contributed by atoms with Crippen molar-refractivity contribution < 1.29 is 23.9 Å². The first-order valence-corrected chi connectivity index (χ1v) is 9.91. The summed E-state index contributed by atoms with van der Waals surface area (Å²) in [6.07, 6.45) is 3.27. The van der Waals surface area contributed by atoms with E-state index in [-0.39, 0.29) is 11.8 Å². The standard InChI is InChI=1S/C21H28N2O5/c1-27-21(26)18-6-2-5-17(14-18)20(25)23-9-3-4-16(15-23)7-8-19(24)22-10-12-28-13-11-22/h2,5-6,14,16H,3-4,7-13,15H2,1H3/t16-/m1/s1. The Morgan fingerprint density at radius 2 is 1.86 bits per heavy atom. The lowest BCUT2D eigenvalue weighted by Gasteiger charge is -2.33. The smallest absolute Gasteiger partial charge is 0.337 e. The predicted octanol–water partition coefficient (Wildman–Crippen LogP) is 1.96. The number of piperidine rings is 1. The molecule has 2 fully saturated rings. The van der Waals surface area contributed by atoms with E-state index < -0.39 is 5.97 Å². The number of nitrogens with zero attached hydrogens (tertiary/aromatic N) is 2. The molecule has 0 aliphatic carbocycles. The normalized spacial score (nSPS) is 20.0. The molecular formula is C21H28N2O5. The Hall–Kier alpha value is -2.41. The van der Waals surface area contributed by atoms with Crippen LogP contribution in [0.15, 0.2) is 24.3 Å².